The molecule has 0 aromatic heterocycles. The van der Waals surface area contributed by atoms with Gasteiger partial charge in [0.2, 0.25) is 17.7 Å². The lowest BCUT2D eigenvalue weighted by Crippen LogP contribution is -2.51. The summed E-state index contributed by atoms with van der Waals surface area (Å²) in [5.41, 5.74) is 7.17. The monoisotopic (exact) mass is 856 g/mol. The molecule has 0 bridgehead atoms. The number of phenolic OH excluding ortho intramolecular Hbond substituents is 2. The van der Waals surface area contributed by atoms with Crippen LogP contribution >= 0.6 is 0 Å². The molecule has 5 amide bonds. The molecule has 0 spiro atoms. The number of nitrogens with one attached hydrogen (secondary N) is 5. The van der Waals surface area contributed by atoms with Crippen molar-refractivity contribution in [1.82, 2.24) is 16.0 Å². The third-order valence-corrected chi connectivity index (χ3v) is 8.91. The minimum atomic E-state index is -1.58. The maximum absolute atomic E-state index is 13.6. The van der Waals surface area contributed by atoms with E-state index in [0.29, 0.717) is 11.1 Å². The van der Waals surface area contributed by atoms with Crippen molar-refractivity contribution in [2.45, 2.75) is 56.3 Å². The van der Waals surface area contributed by atoms with Gasteiger partial charge in [0.05, 0.1) is 18.2 Å². The third kappa shape index (κ3) is 15.0. The van der Waals surface area contributed by atoms with Crippen LogP contribution in [-0.2, 0) is 46.4 Å². The van der Waals surface area contributed by atoms with Crippen LogP contribution in [0, 0.1) is 0 Å². The normalized spacial score (nSPS) is 12.6. The van der Waals surface area contributed by atoms with Gasteiger partial charge in [-0.1, -0.05) is 42.5 Å². The number of hydrogen-bond donors (Lipinski definition) is 11. The zero-order chi connectivity index (χ0) is 45.3. The minimum absolute atomic E-state index is 0.00203. The average molecular weight is 857 g/mol. The summed E-state index contributed by atoms with van der Waals surface area (Å²) in [7, 11) is 0. The molecule has 0 aliphatic rings. The topological polar surface area (TPSA) is 333 Å². The maximum Gasteiger partial charge on any atom is 0.326 e. The Morgan fingerprint density at radius 1 is 0.613 bits per heavy atom. The number of nitrogens with two attached hydrogens (primary N) is 1. The van der Waals surface area contributed by atoms with Crippen LogP contribution in [0.25, 0.3) is 0 Å². The number of rotatable bonds is 22. The second kappa shape index (κ2) is 22.4. The number of carboxylic acid groups (broad SMARTS) is 3. The van der Waals surface area contributed by atoms with Gasteiger partial charge >= 0.3 is 17.9 Å². The largest absolute Gasteiger partial charge is 0.508 e. The van der Waals surface area contributed by atoms with Crippen molar-refractivity contribution >= 4 is 58.8 Å². The molecule has 0 unspecified atom stereocenters. The molecule has 4 aromatic rings. The second-order valence-electron chi connectivity index (χ2n) is 13.8. The lowest BCUT2D eigenvalue weighted by Gasteiger charge is -2.21. The zero-order valence-corrected chi connectivity index (χ0v) is 32.8. The Balaban J connectivity index is 1.43. The first kappa shape index (κ1) is 46.7. The van der Waals surface area contributed by atoms with Crippen LogP contribution < -0.4 is 37.1 Å². The lowest BCUT2D eigenvalue weighted by atomic mass is 10.0. The SMILES string of the molecule is N[C@@H](Cc1ccc(O)cc1)C(=O)N[C@@H](CC(=O)O)C(=O)Nc1ccccc1OCC(=O)N[C@@H](Cc1ccc(O)cc1)C(=O)Nc1cccc(C(=O)N[C@@H](CCC(=O)O)C(=O)O)c1. The van der Waals surface area contributed by atoms with E-state index in [4.69, 9.17) is 15.6 Å². The number of amides is 5. The van der Waals surface area contributed by atoms with E-state index in [1.165, 1.54) is 84.9 Å². The standard InChI is InChI=1S/C42H44N6O14/c43-29(18-23-8-12-27(49)13-9-23)39(57)48-33(21-37(54)55)41(59)46-30-6-1-2-7-34(30)62-22-35(51)45-32(19-24-10-14-28(50)15-11-24)40(58)44-26-5-3-4-25(20-26)38(56)47-31(42(60)61)16-17-36(52)53/h1-15,20,29,31-33,49-50H,16-19,21-22,43H2,(H,44,58)(H,45,51)(H,46,59)(H,47,56)(H,48,57)(H,52,53)(H,54,55)(H,60,61)/t29-,31-,32-,33-/m0/s1. The summed E-state index contributed by atoms with van der Waals surface area (Å²) in [5, 5.41) is 59.3. The molecule has 0 fully saturated rings. The van der Waals surface area contributed by atoms with Gasteiger partial charge in [0.15, 0.2) is 6.61 Å². The number of hydrogen-bond acceptors (Lipinski definition) is 12. The Morgan fingerprint density at radius 3 is 1.84 bits per heavy atom. The summed E-state index contributed by atoms with van der Waals surface area (Å²) < 4.78 is 5.69. The highest BCUT2D eigenvalue weighted by atomic mass is 16.5. The van der Waals surface area contributed by atoms with Crippen LogP contribution in [0.1, 0.15) is 40.7 Å². The lowest BCUT2D eigenvalue weighted by molar-refractivity contribution is -0.141. The summed E-state index contributed by atoms with van der Waals surface area (Å²) in [6.45, 7) is -0.698. The highest BCUT2D eigenvalue weighted by molar-refractivity contribution is 6.02. The van der Waals surface area contributed by atoms with E-state index in [1.807, 2.05) is 0 Å². The molecule has 12 N–H and O–H groups in total. The van der Waals surface area contributed by atoms with Gasteiger partial charge in [-0.2, -0.15) is 0 Å². The molecule has 62 heavy (non-hydrogen) atoms. The van der Waals surface area contributed by atoms with Gasteiger partial charge in [0.1, 0.15) is 35.4 Å². The first-order valence-electron chi connectivity index (χ1n) is 18.8. The maximum atomic E-state index is 13.6. The number of anilines is 2. The number of aliphatic carboxylic acids is 3. The van der Waals surface area contributed by atoms with Crippen LogP contribution in [0.5, 0.6) is 17.2 Å². The van der Waals surface area contributed by atoms with Crippen molar-refractivity contribution in [1.29, 1.82) is 0 Å². The Bertz CT molecular complexity index is 2270. The van der Waals surface area contributed by atoms with Crippen LogP contribution in [0.15, 0.2) is 97.1 Å². The smallest absolute Gasteiger partial charge is 0.326 e. The third-order valence-electron chi connectivity index (χ3n) is 8.91. The van der Waals surface area contributed by atoms with Gasteiger partial charge in [-0.25, -0.2) is 4.79 Å². The summed E-state index contributed by atoms with van der Waals surface area (Å²) in [6, 6.07) is 17.4. The van der Waals surface area contributed by atoms with Gasteiger partial charge in [0, 0.05) is 24.1 Å². The Kier molecular flexibility index (Phi) is 16.9. The first-order chi connectivity index (χ1) is 29.5. The van der Waals surface area contributed by atoms with E-state index in [-0.39, 0.29) is 53.4 Å². The quantitative estimate of drug-likeness (QED) is 0.0532. The van der Waals surface area contributed by atoms with Gasteiger partial charge in [0.25, 0.3) is 11.8 Å². The highest BCUT2D eigenvalue weighted by Crippen LogP contribution is 2.24. The molecular weight excluding hydrogens is 812 g/mol. The van der Waals surface area contributed by atoms with E-state index in [0.717, 1.165) is 0 Å². The Hall–Kier alpha value is -8.00. The van der Waals surface area contributed by atoms with E-state index < -0.39 is 91.1 Å². The van der Waals surface area contributed by atoms with Crippen molar-refractivity contribution in [2.75, 3.05) is 17.2 Å². The number of aromatic hydroxyl groups is 2. The molecule has 0 aliphatic heterocycles. The Labute approximate surface area is 353 Å². The van der Waals surface area contributed by atoms with Gasteiger partial charge in [-0.3, -0.25) is 33.6 Å². The van der Waals surface area contributed by atoms with Gasteiger partial charge < -0.3 is 62.6 Å². The predicted molar refractivity (Wildman–Crippen MR) is 219 cm³/mol. The molecule has 4 rings (SSSR count). The van der Waals surface area contributed by atoms with Crippen LogP contribution in [0.2, 0.25) is 0 Å². The summed E-state index contributed by atoms with van der Waals surface area (Å²) >= 11 is 0. The van der Waals surface area contributed by atoms with Crippen molar-refractivity contribution in [3.63, 3.8) is 0 Å². The first-order valence-corrected chi connectivity index (χ1v) is 18.8. The number of carboxylic acids is 3. The van der Waals surface area contributed by atoms with Gasteiger partial charge in [-0.05, 0) is 78.6 Å². The molecule has 4 aromatic carbocycles. The molecule has 0 heterocycles. The Morgan fingerprint density at radius 2 is 1.23 bits per heavy atom. The molecule has 0 saturated heterocycles. The molecule has 20 nitrogen and oxygen atoms in total. The number of carbonyl (C=O) groups excluding carboxylic acids is 5. The van der Waals surface area contributed by atoms with Crippen LogP contribution in [-0.4, -0.2) is 104 Å². The van der Waals surface area contributed by atoms with E-state index in [2.05, 4.69) is 26.6 Å². The van der Waals surface area contributed by atoms with Crippen molar-refractivity contribution < 1.29 is 68.6 Å². The van der Waals surface area contributed by atoms with Crippen molar-refractivity contribution in [3.8, 4) is 17.2 Å². The second-order valence-corrected chi connectivity index (χ2v) is 13.8. The number of phenols is 2. The molecule has 326 valence electrons. The van der Waals surface area contributed by atoms with E-state index >= 15 is 0 Å². The fraction of sp³-hybridized carbons (Fsp3) is 0.238. The van der Waals surface area contributed by atoms with E-state index in [9.17, 15) is 58.8 Å². The molecule has 0 aliphatic carbocycles. The number of benzene rings is 4. The van der Waals surface area contributed by atoms with Gasteiger partial charge in [-0.15, -0.1) is 0 Å². The molecule has 20 heteroatoms. The summed E-state index contributed by atoms with van der Waals surface area (Å²) in [5.74, 6) is -8.34. The van der Waals surface area contributed by atoms with Crippen LogP contribution in [0.4, 0.5) is 11.4 Å². The predicted octanol–water partition coefficient (Wildman–Crippen LogP) is 1.36. The van der Waals surface area contributed by atoms with Crippen LogP contribution in [0.3, 0.4) is 0 Å². The fourth-order valence-corrected chi connectivity index (χ4v) is 5.75. The summed E-state index contributed by atoms with van der Waals surface area (Å²) in [4.78, 5) is 100. The number of ether oxygens (including phenoxy) is 1. The summed E-state index contributed by atoms with van der Waals surface area (Å²) in [6.07, 6.45) is -1.76. The average Bonchev–Trinajstić information content (AvgIpc) is 3.22. The van der Waals surface area contributed by atoms with E-state index in [1.54, 1.807) is 12.1 Å². The van der Waals surface area contributed by atoms with Crippen molar-refractivity contribution in [3.05, 3.63) is 114 Å². The molecule has 4 atom stereocenters. The fourth-order valence-electron chi connectivity index (χ4n) is 5.75. The van der Waals surface area contributed by atoms with Crippen molar-refractivity contribution in [2.24, 2.45) is 5.73 Å². The number of carbonyl (C=O) groups is 8. The molecule has 0 saturated carbocycles. The minimum Gasteiger partial charge on any atom is -0.508 e. The highest BCUT2D eigenvalue weighted by Gasteiger charge is 2.28. The molecule has 0 radical (unpaired) electrons. The zero-order valence-electron chi connectivity index (χ0n) is 32.8. The molecular formula is C42H44N6O14. The number of para-hydroxylation sites is 2.